The van der Waals surface area contributed by atoms with Crippen LogP contribution in [0.15, 0.2) is 24.3 Å². The summed E-state index contributed by atoms with van der Waals surface area (Å²) in [6.07, 6.45) is -1.03. The van der Waals surface area contributed by atoms with E-state index >= 15 is 0 Å². The zero-order chi connectivity index (χ0) is 9.84. The molecule has 1 N–H and O–H groups in total. The van der Waals surface area contributed by atoms with Gasteiger partial charge in [0.05, 0.1) is 0 Å². The van der Waals surface area contributed by atoms with Crippen molar-refractivity contribution in [3.63, 3.8) is 0 Å². The van der Waals surface area contributed by atoms with E-state index in [9.17, 15) is 9.90 Å². The van der Waals surface area contributed by atoms with E-state index < -0.39 is 6.29 Å². The number of benzene rings is 1. The van der Waals surface area contributed by atoms with Gasteiger partial charge in [-0.15, -0.1) is 0 Å². The van der Waals surface area contributed by atoms with E-state index in [-0.39, 0.29) is 5.78 Å². The predicted octanol–water partition coefficient (Wildman–Crippen LogP) is 1.53. The number of carbonyl (C=O) groups is 1. The van der Waals surface area contributed by atoms with Crippen LogP contribution in [0.3, 0.4) is 0 Å². The number of methoxy groups -OCH3 is 1. The van der Waals surface area contributed by atoms with Gasteiger partial charge in [-0.2, -0.15) is 0 Å². The van der Waals surface area contributed by atoms with Crippen LogP contribution in [0.25, 0.3) is 0 Å². The van der Waals surface area contributed by atoms with Gasteiger partial charge in [-0.1, -0.05) is 24.3 Å². The third-order valence-corrected chi connectivity index (χ3v) is 1.83. The molecule has 1 unspecified atom stereocenters. The summed E-state index contributed by atoms with van der Waals surface area (Å²) in [7, 11) is 1.39. The number of aliphatic hydroxyl groups is 1. The number of ketones is 1. The van der Waals surface area contributed by atoms with Gasteiger partial charge in [0.25, 0.3) is 0 Å². The van der Waals surface area contributed by atoms with Gasteiger partial charge >= 0.3 is 0 Å². The lowest BCUT2D eigenvalue weighted by molar-refractivity contribution is -0.0772. The number of ether oxygens (including phenoxy) is 1. The molecule has 1 atom stereocenters. The highest BCUT2D eigenvalue weighted by Crippen LogP contribution is 2.18. The molecule has 1 aromatic carbocycles. The Balaban J connectivity index is 3.11. The van der Waals surface area contributed by atoms with Crippen molar-refractivity contribution in [2.45, 2.75) is 13.2 Å². The lowest BCUT2D eigenvalue weighted by Gasteiger charge is -2.11. The molecule has 0 aliphatic rings. The molecule has 0 bridgehead atoms. The van der Waals surface area contributed by atoms with E-state index in [0.717, 1.165) is 0 Å². The smallest absolute Gasteiger partial charge is 0.181 e. The van der Waals surface area contributed by atoms with Crippen molar-refractivity contribution in [1.29, 1.82) is 0 Å². The SMILES string of the molecule is COC(O)c1ccccc1C(C)=O. The van der Waals surface area contributed by atoms with Crippen molar-refractivity contribution in [3.05, 3.63) is 35.4 Å². The molecular formula is C10H12O3. The van der Waals surface area contributed by atoms with Crippen molar-refractivity contribution < 1.29 is 14.6 Å². The standard InChI is InChI=1S/C10H12O3/c1-7(11)8-5-3-4-6-9(8)10(12)13-2/h3-6,10,12H,1-2H3. The Morgan fingerprint density at radius 3 is 2.62 bits per heavy atom. The molecule has 0 spiro atoms. The van der Waals surface area contributed by atoms with E-state index in [0.29, 0.717) is 11.1 Å². The van der Waals surface area contributed by atoms with Gasteiger partial charge < -0.3 is 9.84 Å². The quantitative estimate of drug-likeness (QED) is 0.566. The van der Waals surface area contributed by atoms with Gasteiger partial charge in [-0.3, -0.25) is 4.79 Å². The molecule has 0 aliphatic heterocycles. The molecule has 1 aromatic rings. The topological polar surface area (TPSA) is 46.5 Å². The Hall–Kier alpha value is -1.19. The summed E-state index contributed by atoms with van der Waals surface area (Å²) in [6.45, 7) is 1.46. The van der Waals surface area contributed by atoms with Crippen molar-refractivity contribution >= 4 is 5.78 Å². The Morgan fingerprint density at radius 1 is 1.46 bits per heavy atom. The fraction of sp³-hybridized carbons (Fsp3) is 0.300. The van der Waals surface area contributed by atoms with E-state index in [1.807, 2.05) is 0 Å². The first-order valence-corrected chi connectivity index (χ1v) is 3.97. The number of Topliss-reactive ketones (excluding diaryl/α,β-unsaturated/α-hetero) is 1. The summed E-state index contributed by atoms with van der Waals surface area (Å²) < 4.78 is 4.73. The summed E-state index contributed by atoms with van der Waals surface area (Å²) in [4.78, 5) is 11.1. The van der Waals surface area contributed by atoms with Gasteiger partial charge in [0.1, 0.15) is 0 Å². The predicted molar refractivity (Wildman–Crippen MR) is 48.4 cm³/mol. The van der Waals surface area contributed by atoms with E-state index in [2.05, 4.69) is 0 Å². The Kier molecular flexibility index (Phi) is 3.17. The maximum atomic E-state index is 11.1. The second-order valence-electron chi connectivity index (χ2n) is 2.73. The summed E-state index contributed by atoms with van der Waals surface area (Å²) in [5.74, 6) is -0.0771. The average molecular weight is 180 g/mol. The largest absolute Gasteiger partial charge is 0.364 e. The van der Waals surface area contributed by atoms with Crippen LogP contribution in [0.2, 0.25) is 0 Å². The maximum absolute atomic E-state index is 11.1. The normalized spacial score (nSPS) is 12.5. The minimum absolute atomic E-state index is 0.0771. The number of aliphatic hydroxyl groups excluding tert-OH is 1. The monoisotopic (exact) mass is 180 g/mol. The van der Waals surface area contributed by atoms with Crippen LogP contribution in [-0.2, 0) is 4.74 Å². The van der Waals surface area contributed by atoms with Crippen LogP contribution in [0.5, 0.6) is 0 Å². The van der Waals surface area contributed by atoms with E-state index in [1.54, 1.807) is 24.3 Å². The molecule has 0 aromatic heterocycles. The minimum Gasteiger partial charge on any atom is -0.364 e. The van der Waals surface area contributed by atoms with Gasteiger partial charge in [-0.05, 0) is 6.92 Å². The zero-order valence-corrected chi connectivity index (χ0v) is 7.65. The molecule has 0 saturated carbocycles. The molecular weight excluding hydrogens is 168 g/mol. The summed E-state index contributed by atoms with van der Waals surface area (Å²) in [5.41, 5.74) is 1.01. The third kappa shape index (κ3) is 2.14. The number of hydrogen-bond donors (Lipinski definition) is 1. The van der Waals surface area contributed by atoms with Gasteiger partial charge in [-0.25, -0.2) is 0 Å². The van der Waals surface area contributed by atoms with Crippen LogP contribution in [-0.4, -0.2) is 18.0 Å². The second kappa shape index (κ2) is 4.16. The molecule has 0 radical (unpaired) electrons. The van der Waals surface area contributed by atoms with Crippen molar-refractivity contribution in [1.82, 2.24) is 0 Å². The van der Waals surface area contributed by atoms with E-state index in [4.69, 9.17) is 4.74 Å². The summed E-state index contributed by atoms with van der Waals surface area (Å²) in [5, 5.41) is 9.38. The molecule has 0 fully saturated rings. The first-order valence-electron chi connectivity index (χ1n) is 3.97. The lowest BCUT2D eigenvalue weighted by Crippen LogP contribution is -2.06. The molecule has 0 aliphatic carbocycles. The molecule has 1 rings (SSSR count). The molecule has 70 valence electrons. The average Bonchev–Trinajstić information content (AvgIpc) is 2.16. The van der Waals surface area contributed by atoms with Crippen molar-refractivity contribution in [2.75, 3.05) is 7.11 Å². The molecule has 3 heteroatoms. The number of rotatable bonds is 3. The molecule has 0 amide bonds. The van der Waals surface area contributed by atoms with Gasteiger partial charge in [0.2, 0.25) is 0 Å². The first-order chi connectivity index (χ1) is 6.16. The molecule has 13 heavy (non-hydrogen) atoms. The fourth-order valence-electron chi connectivity index (χ4n) is 1.16. The first kappa shape index (κ1) is 9.89. The highest BCUT2D eigenvalue weighted by atomic mass is 16.6. The Labute approximate surface area is 77.0 Å². The van der Waals surface area contributed by atoms with Crippen LogP contribution in [0, 0.1) is 0 Å². The molecule has 3 nitrogen and oxygen atoms in total. The van der Waals surface area contributed by atoms with Crippen LogP contribution in [0.4, 0.5) is 0 Å². The number of hydrogen-bond acceptors (Lipinski definition) is 3. The van der Waals surface area contributed by atoms with E-state index in [1.165, 1.54) is 14.0 Å². The van der Waals surface area contributed by atoms with Crippen LogP contribution < -0.4 is 0 Å². The van der Waals surface area contributed by atoms with Gasteiger partial charge in [0, 0.05) is 18.2 Å². The lowest BCUT2D eigenvalue weighted by atomic mass is 10.0. The Morgan fingerprint density at radius 2 is 2.08 bits per heavy atom. The zero-order valence-electron chi connectivity index (χ0n) is 7.65. The van der Waals surface area contributed by atoms with Crippen molar-refractivity contribution in [3.8, 4) is 0 Å². The highest BCUT2D eigenvalue weighted by Gasteiger charge is 2.12. The third-order valence-electron chi connectivity index (χ3n) is 1.83. The van der Waals surface area contributed by atoms with Crippen LogP contribution >= 0.6 is 0 Å². The minimum atomic E-state index is -1.03. The van der Waals surface area contributed by atoms with Crippen molar-refractivity contribution in [2.24, 2.45) is 0 Å². The van der Waals surface area contributed by atoms with Gasteiger partial charge in [0.15, 0.2) is 12.1 Å². The molecule has 0 heterocycles. The second-order valence-corrected chi connectivity index (χ2v) is 2.73. The maximum Gasteiger partial charge on any atom is 0.181 e. The molecule has 0 saturated heterocycles. The summed E-state index contributed by atoms with van der Waals surface area (Å²) in [6, 6.07) is 6.84. The fourth-order valence-corrected chi connectivity index (χ4v) is 1.16. The summed E-state index contributed by atoms with van der Waals surface area (Å²) >= 11 is 0. The highest BCUT2D eigenvalue weighted by molar-refractivity contribution is 5.95. The van der Waals surface area contributed by atoms with Crippen LogP contribution in [0.1, 0.15) is 29.1 Å². The number of carbonyl (C=O) groups excluding carboxylic acids is 1. The Bertz CT molecular complexity index is 307.